The monoisotopic (exact) mass is 450 g/mol. The van der Waals surface area contributed by atoms with Crippen LogP contribution < -0.4 is 11.0 Å². The predicted molar refractivity (Wildman–Crippen MR) is 131 cm³/mol. The molecule has 1 saturated carbocycles. The van der Waals surface area contributed by atoms with E-state index in [4.69, 9.17) is 4.99 Å². The number of aromatic nitrogens is 2. The minimum atomic E-state index is -0.0401. The Bertz CT molecular complexity index is 1260. The van der Waals surface area contributed by atoms with Crippen molar-refractivity contribution in [2.75, 3.05) is 0 Å². The summed E-state index contributed by atoms with van der Waals surface area (Å²) >= 11 is 1.67. The smallest absolute Gasteiger partial charge is 0.328 e. The summed E-state index contributed by atoms with van der Waals surface area (Å²) in [5, 5.41) is 4.12. The lowest BCUT2D eigenvalue weighted by Gasteiger charge is -2.23. The second kappa shape index (κ2) is 8.70. The normalized spacial score (nSPS) is 17.2. The van der Waals surface area contributed by atoms with Crippen molar-refractivity contribution in [3.05, 3.63) is 50.3 Å². The molecule has 2 heterocycles. The van der Waals surface area contributed by atoms with Gasteiger partial charge in [0, 0.05) is 31.2 Å². The standard InChI is InChI=1S/C25H30N4O2S/c1-28-19-13-12-16(14-20(19)29(2)25(28)31)15-26-24-22(18-10-6-7-11-21(18)32-24)23(30)27-17-8-4-3-5-9-17/h12-15,17H,3-11H2,1-2H3,(H,27,30). The Morgan fingerprint density at radius 2 is 1.81 bits per heavy atom. The first-order chi connectivity index (χ1) is 15.5. The Morgan fingerprint density at radius 3 is 2.62 bits per heavy atom. The molecule has 0 radical (unpaired) electrons. The molecule has 0 aliphatic heterocycles. The van der Waals surface area contributed by atoms with Crippen LogP contribution in [-0.2, 0) is 26.9 Å². The van der Waals surface area contributed by atoms with Gasteiger partial charge in [-0.25, -0.2) is 9.79 Å². The lowest BCUT2D eigenvalue weighted by molar-refractivity contribution is 0.0927. The quantitative estimate of drug-likeness (QED) is 0.589. The average molecular weight is 451 g/mol. The fraction of sp³-hybridized carbons (Fsp3) is 0.480. The number of fused-ring (bicyclic) bond motifs is 2. The summed E-state index contributed by atoms with van der Waals surface area (Å²) in [5.41, 5.74) is 4.66. The van der Waals surface area contributed by atoms with Crippen molar-refractivity contribution < 1.29 is 4.79 Å². The number of hydrogen-bond acceptors (Lipinski definition) is 4. The molecule has 6 nitrogen and oxygen atoms in total. The lowest BCUT2D eigenvalue weighted by Crippen LogP contribution is -2.36. The zero-order valence-electron chi connectivity index (χ0n) is 18.8. The van der Waals surface area contributed by atoms with Gasteiger partial charge in [0.1, 0.15) is 5.00 Å². The van der Waals surface area contributed by atoms with E-state index in [1.165, 1.54) is 36.1 Å². The van der Waals surface area contributed by atoms with Crippen molar-refractivity contribution in [2.45, 2.75) is 63.8 Å². The first-order valence-corrected chi connectivity index (χ1v) is 12.5. The average Bonchev–Trinajstić information content (AvgIpc) is 3.29. The maximum atomic E-state index is 13.3. The van der Waals surface area contributed by atoms with Crippen LogP contribution in [0.1, 0.15) is 71.3 Å². The van der Waals surface area contributed by atoms with Gasteiger partial charge in [0.15, 0.2) is 0 Å². The van der Waals surface area contributed by atoms with Crippen molar-refractivity contribution >= 4 is 39.5 Å². The Kier molecular flexibility index (Phi) is 5.76. The minimum Gasteiger partial charge on any atom is -0.349 e. The van der Waals surface area contributed by atoms with E-state index in [0.717, 1.165) is 59.3 Å². The first kappa shape index (κ1) is 21.2. The van der Waals surface area contributed by atoms with Gasteiger partial charge in [-0.15, -0.1) is 11.3 Å². The molecule has 2 aliphatic rings. The van der Waals surface area contributed by atoms with E-state index in [1.807, 2.05) is 24.4 Å². The molecule has 3 aromatic rings. The third-order valence-corrected chi connectivity index (χ3v) is 8.15. The van der Waals surface area contributed by atoms with E-state index < -0.39 is 0 Å². The first-order valence-electron chi connectivity index (χ1n) is 11.7. The Hall–Kier alpha value is -2.67. The maximum Gasteiger partial charge on any atom is 0.328 e. The van der Waals surface area contributed by atoms with Crippen LogP contribution in [0.15, 0.2) is 28.0 Å². The highest BCUT2D eigenvalue weighted by molar-refractivity contribution is 7.16. The van der Waals surface area contributed by atoms with Crippen LogP contribution in [0.5, 0.6) is 0 Å². The summed E-state index contributed by atoms with van der Waals surface area (Å²) in [7, 11) is 3.57. The number of carbonyl (C=O) groups is 1. The minimum absolute atomic E-state index is 0.0401. The lowest BCUT2D eigenvalue weighted by atomic mass is 9.93. The molecule has 5 rings (SSSR count). The topological polar surface area (TPSA) is 68.4 Å². The van der Waals surface area contributed by atoms with Crippen molar-refractivity contribution in [1.82, 2.24) is 14.5 Å². The molecule has 0 spiro atoms. The summed E-state index contributed by atoms with van der Waals surface area (Å²) in [4.78, 5) is 31.7. The summed E-state index contributed by atoms with van der Waals surface area (Å²) in [6, 6.07) is 6.19. The number of nitrogens with zero attached hydrogens (tertiary/aromatic N) is 3. The highest BCUT2D eigenvalue weighted by Crippen LogP contribution is 2.40. The van der Waals surface area contributed by atoms with Gasteiger partial charge >= 0.3 is 5.69 Å². The molecular formula is C25H30N4O2S. The van der Waals surface area contributed by atoms with Crippen molar-refractivity contribution in [3.8, 4) is 0 Å². The SMILES string of the molecule is Cn1c(=O)n(C)c2cc(C=Nc3sc4c(c3C(=O)NC3CCCCC3)CCCC4)ccc21. The zero-order valence-corrected chi connectivity index (χ0v) is 19.6. The van der Waals surface area contributed by atoms with Gasteiger partial charge in [-0.2, -0.15) is 0 Å². The maximum absolute atomic E-state index is 13.3. The van der Waals surface area contributed by atoms with E-state index in [0.29, 0.717) is 0 Å². The largest absolute Gasteiger partial charge is 0.349 e. The molecule has 2 aliphatic carbocycles. The van der Waals surface area contributed by atoms with Gasteiger partial charge in [0.2, 0.25) is 0 Å². The van der Waals surface area contributed by atoms with Crippen LogP contribution >= 0.6 is 11.3 Å². The van der Waals surface area contributed by atoms with Crippen LogP contribution in [0.4, 0.5) is 5.00 Å². The number of hydrogen-bond donors (Lipinski definition) is 1. The summed E-state index contributed by atoms with van der Waals surface area (Å²) < 4.78 is 3.30. The number of amides is 1. The summed E-state index contributed by atoms with van der Waals surface area (Å²) in [6.07, 6.45) is 12.0. The van der Waals surface area contributed by atoms with E-state index in [9.17, 15) is 9.59 Å². The van der Waals surface area contributed by atoms with E-state index >= 15 is 0 Å². The van der Waals surface area contributed by atoms with Gasteiger partial charge in [-0.3, -0.25) is 13.9 Å². The predicted octanol–water partition coefficient (Wildman–Crippen LogP) is 4.63. The third-order valence-electron chi connectivity index (χ3n) is 6.95. The molecule has 0 bridgehead atoms. The van der Waals surface area contributed by atoms with Crippen molar-refractivity contribution in [3.63, 3.8) is 0 Å². The number of carbonyl (C=O) groups excluding carboxylic acids is 1. The Labute approximate surface area is 192 Å². The molecule has 2 aromatic heterocycles. The number of aliphatic imine (C=N–C) groups is 1. The molecule has 7 heteroatoms. The van der Waals surface area contributed by atoms with Crippen LogP contribution in [0.25, 0.3) is 11.0 Å². The van der Waals surface area contributed by atoms with Gasteiger partial charge in [-0.05, 0) is 61.8 Å². The number of rotatable bonds is 4. The van der Waals surface area contributed by atoms with Crippen LogP contribution in [-0.4, -0.2) is 27.3 Å². The fourth-order valence-electron chi connectivity index (χ4n) is 5.12. The summed E-state index contributed by atoms with van der Waals surface area (Å²) in [6.45, 7) is 0. The number of aryl methyl sites for hydroxylation is 3. The Balaban J connectivity index is 1.48. The van der Waals surface area contributed by atoms with Crippen LogP contribution in [0, 0.1) is 0 Å². The highest BCUT2D eigenvalue weighted by Gasteiger charge is 2.27. The molecule has 1 fully saturated rings. The van der Waals surface area contributed by atoms with Crippen LogP contribution in [0.2, 0.25) is 0 Å². The number of benzene rings is 1. The van der Waals surface area contributed by atoms with Gasteiger partial charge < -0.3 is 5.32 Å². The van der Waals surface area contributed by atoms with Gasteiger partial charge in [0.05, 0.1) is 16.6 Å². The van der Waals surface area contributed by atoms with Crippen LogP contribution in [0.3, 0.4) is 0 Å². The number of thiophene rings is 1. The van der Waals surface area contributed by atoms with E-state index in [2.05, 4.69) is 5.32 Å². The molecule has 0 unspecified atom stereocenters. The molecule has 1 N–H and O–H groups in total. The third kappa shape index (κ3) is 3.83. The van der Waals surface area contributed by atoms with E-state index in [-0.39, 0.29) is 17.6 Å². The van der Waals surface area contributed by atoms with E-state index in [1.54, 1.807) is 34.6 Å². The van der Waals surface area contributed by atoms with Crippen molar-refractivity contribution in [1.29, 1.82) is 0 Å². The molecule has 1 amide bonds. The second-order valence-electron chi connectivity index (χ2n) is 9.11. The van der Waals surface area contributed by atoms with Gasteiger partial charge in [-0.1, -0.05) is 25.3 Å². The highest BCUT2D eigenvalue weighted by atomic mass is 32.1. The molecule has 168 valence electrons. The second-order valence-corrected chi connectivity index (χ2v) is 10.2. The number of imidazole rings is 1. The molecular weight excluding hydrogens is 420 g/mol. The molecule has 32 heavy (non-hydrogen) atoms. The van der Waals surface area contributed by atoms with Gasteiger partial charge in [0.25, 0.3) is 5.91 Å². The fourth-order valence-corrected chi connectivity index (χ4v) is 6.35. The summed E-state index contributed by atoms with van der Waals surface area (Å²) in [5.74, 6) is 0.0457. The molecule has 0 atom stereocenters. The van der Waals surface area contributed by atoms with Crippen molar-refractivity contribution in [2.24, 2.45) is 19.1 Å². The Morgan fingerprint density at radius 1 is 1.06 bits per heavy atom. The molecule has 0 saturated heterocycles. The molecule has 1 aromatic carbocycles. The zero-order chi connectivity index (χ0) is 22.2. The number of nitrogens with one attached hydrogen (secondary N) is 1.